The fourth-order valence-electron chi connectivity index (χ4n) is 2.08. The molecule has 1 aromatic carbocycles. The van der Waals surface area contributed by atoms with E-state index in [9.17, 15) is 0 Å². The van der Waals surface area contributed by atoms with E-state index in [0.29, 0.717) is 12.0 Å². The molecule has 2 N–H and O–H groups in total. The van der Waals surface area contributed by atoms with E-state index in [0.717, 1.165) is 18.9 Å². The van der Waals surface area contributed by atoms with Crippen LogP contribution < -0.4 is 10.1 Å². The molecule has 2 heteroatoms. The summed E-state index contributed by atoms with van der Waals surface area (Å²) >= 11 is 0. The third-order valence-corrected chi connectivity index (χ3v) is 3.46. The minimum Gasteiger partial charge on any atom is -0.488 e. The summed E-state index contributed by atoms with van der Waals surface area (Å²) in [5.41, 5.74) is 2.74. The summed E-state index contributed by atoms with van der Waals surface area (Å²) in [6.45, 7) is 12.9. The van der Waals surface area contributed by atoms with Crippen LogP contribution in [0.5, 0.6) is 5.75 Å². The summed E-state index contributed by atoms with van der Waals surface area (Å²) in [5.74, 6) is 1.58. The number of quaternary nitrogens is 1. The first-order valence-corrected chi connectivity index (χ1v) is 7.11. The fraction of sp³-hybridized carbons (Fsp3) is 0.625. The van der Waals surface area contributed by atoms with Gasteiger partial charge in [-0.15, -0.1) is 0 Å². The third kappa shape index (κ3) is 4.69. The van der Waals surface area contributed by atoms with E-state index in [1.165, 1.54) is 17.5 Å². The first-order valence-electron chi connectivity index (χ1n) is 7.11. The first-order chi connectivity index (χ1) is 8.54. The van der Waals surface area contributed by atoms with E-state index in [4.69, 9.17) is 4.74 Å². The molecule has 0 aliphatic rings. The average molecular weight is 250 g/mol. The number of hydrogen-bond acceptors (Lipinski definition) is 1. The van der Waals surface area contributed by atoms with E-state index in [1.807, 2.05) is 0 Å². The second-order valence-corrected chi connectivity index (χ2v) is 5.43. The molecule has 102 valence electrons. The van der Waals surface area contributed by atoms with Crippen molar-refractivity contribution >= 4 is 0 Å². The maximum atomic E-state index is 5.79. The van der Waals surface area contributed by atoms with E-state index in [2.05, 4.69) is 58.1 Å². The van der Waals surface area contributed by atoms with Crippen LogP contribution in [-0.2, 0) is 0 Å². The molecule has 0 aliphatic heterocycles. The maximum Gasteiger partial charge on any atom is 0.137 e. The number of nitrogens with two attached hydrogens (primary N) is 1. The smallest absolute Gasteiger partial charge is 0.137 e. The summed E-state index contributed by atoms with van der Waals surface area (Å²) in [7, 11) is 0. The van der Waals surface area contributed by atoms with Crippen LogP contribution in [0.1, 0.15) is 51.2 Å². The molecule has 1 rings (SSSR count). The van der Waals surface area contributed by atoms with Crippen LogP contribution in [0.4, 0.5) is 0 Å². The predicted octanol–water partition coefficient (Wildman–Crippen LogP) is 2.86. The summed E-state index contributed by atoms with van der Waals surface area (Å²) < 4.78 is 5.79. The maximum absolute atomic E-state index is 5.79. The minimum atomic E-state index is 0.581. The van der Waals surface area contributed by atoms with Crippen LogP contribution in [0.3, 0.4) is 0 Å². The van der Waals surface area contributed by atoms with Crippen LogP contribution in [-0.4, -0.2) is 19.2 Å². The second-order valence-electron chi connectivity index (χ2n) is 5.43. The zero-order chi connectivity index (χ0) is 13.5. The van der Waals surface area contributed by atoms with Gasteiger partial charge in [-0.1, -0.05) is 26.8 Å². The van der Waals surface area contributed by atoms with Gasteiger partial charge in [0.25, 0.3) is 0 Å². The standard InChI is InChI=1S/C16H27NO/c1-6-14(5)17-9-10-18-15-7-8-16(12(2)3)13(4)11-15/h7-8,11-12,14,17H,6,9-10H2,1-5H3/p+1/t14-/m1/s1. The molecule has 0 saturated heterocycles. The van der Waals surface area contributed by atoms with Gasteiger partial charge in [0, 0.05) is 0 Å². The molecule has 2 nitrogen and oxygen atoms in total. The fourth-order valence-corrected chi connectivity index (χ4v) is 2.08. The van der Waals surface area contributed by atoms with Crippen molar-refractivity contribution in [1.82, 2.24) is 0 Å². The van der Waals surface area contributed by atoms with Crippen molar-refractivity contribution in [1.29, 1.82) is 0 Å². The van der Waals surface area contributed by atoms with E-state index < -0.39 is 0 Å². The van der Waals surface area contributed by atoms with Crippen molar-refractivity contribution in [3.63, 3.8) is 0 Å². The molecule has 0 amide bonds. The number of rotatable bonds is 7. The summed E-state index contributed by atoms with van der Waals surface area (Å²) in [5, 5.41) is 2.34. The Bertz CT molecular complexity index is 360. The minimum absolute atomic E-state index is 0.581. The molecule has 0 saturated carbocycles. The van der Waals surface area contributed by atoms with Crippen LogP contribution in [0.2, 0.25) is 0 Å². The van der Waals surface area contributed by atoms with Gasteiger partial charge in [0.05, 0.1) is 6.04 Å². The zero-order valence-electron chi connectivity index (χ0n) is 12.5. The molecule has 1 aromatic rings. The highest BCUT2D eigenvalue weighted by Crippen LogP contribution is 2.23. The van der Waals surface area contributed by atoms with E-state index in [1.54, 1.807) is 0 Å². The predicted molar refractivity (Wildman–Crippen MR) is 77.3 cm³/mol. The molecule has 0 aliphatic carbocycles. The lowest BCUT2D eigenvalue weighted by Gasteiger charge is -2.13. The largest absolute Gasteiger partial charge is 0.488 e. The SMILES string of the molecule is CC[C@@H](C)[NH2+]CCOc1ccc(C(C)C)c(C)c1. The molecule has 0 unspecified atom stereocenters. The highest BCUT2D eigenvalue weighted by molar-refractivity contribution is 5.36. The van der Waals surface area contributed by atoms with Gasteiger partial charge in [0.15, 0.2) is 0 Å². The van der Waals surface area contributed by atoms with Crippen molar-refractivity contribution in [2.75, 3.05) is 13.2 Å². The molecule has 0 fully saturated rings. The summed E-state index contributed by atoms with van der Waals surface area (Å²) in [4.78, 5) is 0. The lowest BCUT2D eigenvalue weighted by Crippen LogP contribution is -2.90. The van der Waals surface area contributed by atoms with Gasteiger partial charge in [-0.2, -0.15) is 0 Å². The van der Waals surface area contributed by atoms with Crippen LogP contribution in [0, 0.1) is 6.92 Å². The molecule has 0 bridgehead atoms. The Morgan fingerprint density at radius 3 is 2.50 bits per heavy atom. The first kappa shape index (κ1) is 15.0. The molecular weight excluding hydrogens is 222 g/mol. The number of ether oxygens (including phenoxy) is 1. The van der Waals surface area contributed by atoms with Crippen molar-refractivity contribution in [2.24, 2.45) is 0 Å². The van der Waals surface area contributed by atoms with Gasteiger partial charge in [-0.05, 0) is 49.4 Å². The van der Waals surface area contributed by atoms with E-state index in [-0.39, 0.29) is 0 Å². The Morgan fingerprint density at radius 1 is 1.22 bits per heavy atom. The van der Waals surface area contributed by atoms with Crippen molar-refractivity contribution in [2.45, 2.75) is 53.0 Å². The van der Waals surface area contributed by atoms with Crippen molar-refractivity contribution in [3.05, 3.63) is 29.3 Å². The highest BCUT2D eigenvalue weighted by Gasteiger charge is 2.05. The van der Waals surface area contributed by atoms with E-state index >= 15 is 0 Å². The molecule has 0 radical (unpaired) electrons. The molecule has 1 atom stereocenters. The quantitative estimate of drug-likeness (QED) is 0.740. The number of benzene rings is 1. The van der Waals surface area contributed by atoms with Gasteiger partial charge >= 0.3 is 0 Å². The normalized spacial score (nSPS) is 12.8. The monoisotopic (exact) mass is 250 g/mol. The van der Waals surface area contributed by atoms with Gasteiger partial charge in [-0.25, -0.2) is 0 Å². The Hall–Kier alpha value is -1.02. The molecule has 0 aromatic heterocycles. The number of hydrogen-bond donors (Lipinski definition) is 1. The van der Waals surface area contributed by atoms with Gasteiger partial charge < -0.3 is 10.1 Å². The van der Waals surface area contributed by atoms with Crippen molar-refractivity contribution in [3.8, 4) is 5.75 Å². The van der Waals surface area contributed by atoms with Crippen LogP contribution in [0.25, 0.3) is 0 Å². The lowest BCUT2D eigenvalue weighted by molar-refractivity contribution is -0.686. The van der Waals surface area contributed by atoms with Gasteiger partial charge in [0.1, 0.15) is 18.9 Å². The molecule has 0 spiro atoms. The molecule has 18 heavy (non-hydrogen) atoms. The van der Waals surface area contributed by atoms with Gasteiger partial charge in [0.2, 0.25) is 0 Å². The van der Waals surface area contributed by atoms with Gasteiger partial charge in [-0.3, -0.25) is 0 Å². The van der Waals surface area contributed by atoms with Crippen molar-refractivity contribution < 1.29 is 10.1 Å². The Kier molecular flexibility index (Phi) is 6.20. The Labute approximate surface area is 112 Å². The lowest BCUT2D eigenvalue weighted by atomic mass is 9.98. The highest BCUT2D eigenvalue weighted by atomic mass is 16.5. The number of aryl methyl sites for hydroxylation is 1. The second kappa shape index (κ2) is 7.42. The Morgan fingerprint density at radius 2 is 1.94 bits per heavy atom. The van der Waals surface area contributed by atoms with Crippen LogP contribution >= 0.6 is 0 Å². The average Bonchev–Trinajstić information content (AvgIpc) is 2.34. The zero-order valence-corrected chi connectivity index (χ0v) is 12.5. The Balaban J connectivity index is 2.42. The topological polar surface area (TPSA) is 25.8 Å². The molecule has 0 heterocycles. The third-order valence-electron chi connectivity index (χ3n) is 3.46. The summed E-state index contributed by atoms with van der Waals surface area (Å²) in [6, 6.07) is 7.12. The van der Waals surface area contributed by atoms with Crippen LogP contribution in [0.15, 0.2) is 18.2 Å². The summed E-state index contributed by atoms with van der Waals surface area (Å²) in [6.07, 6.45) is 1.21. The molecular formula is C16H28NO+.